The van der Waals surface area contributed by atoms with Gasteiger partial charge in [-0.15, -0.1) is 11.3 Å². The minimum Gasteiger partial charge on any atom is -0.469 e. The summed E-state index contributed by atoms with van der Waals surface area (Å²) in [7, 11) is 0. The van der Waals surface area contributed by atoms with E-state index in [1.807, 2.05) is 30.0 Å². The molecule has 1 aliphatic heterocycles. The van der Waals surface area contributed by atoms with Crippen LogP contribution in [0.4, 0.5) is 0 Å². The molecule has 1 aliphatic carbocycles. The highest BCUT2D eigenvalue weighted by Crippen LogP contribution is 2.38. The standard InChI is InChI=1S/C28H37N3O3S/c1-4-22-16-23-25(35-22)17-24-26(32)31(19(2)13-14-21-12-9-15-34-21)28(3,18-30(23)24)27(33)29-20-10-7-5-6-8-11-20/h9,12,15-17,19-20H,4-8,10-11,13-14,18H2,1-3H3,(H,29,33)/t19-,28+/m0/s1. The van der Waals surface area contributed by atoms with Crippen molar-refractivity contribution in [2.75, 3.05) is 0 Å². The summed E-state index contributed by atoms with van der Waals surface area (Å²) in [4.78, 5) is 31.2. The van der Waals surface area contributed by atoms with Crippen molar-refractivity contribution >= 4 is 33.4 Å². The third kappa shape index (κ3) is 4.55. The Labute approximate surface area is 211 Å². The van der Waals surface area contributed by atoms with E-state index in [1.54, 1.807) is 17.6 Å². The number of aromatic nitrogens is 1. The number of nitrogens with zero attached hydrogens (tertiary/aromatic N) is 2. The highest BCUT2D eigenvalue weighted by molar-refractivity contribution is 7.19. The lowest BCUT2D eigenvalue weighted by Gasteiger charge is -2.47. The second kappa shape index (κ2) is 9.84. The number of carbonyl (C=O) groups excluding carboxylic acids is 2. The number of carbonyl (C=O) groups is 2. The maximum Gasteiger partial charge on any atom is 0.271 e. The fourth-order valence-corrected chi connectivity index (χ4v) is 6.96. The molecule has 0 aromatic carbocycles. The van der Waals surface area contributed by atoms with E-state index < -0.39 is 5.54 Å². The molecule has 2 amide bonds. The van der Waals surface area contributed by atoms with Crippen molar-refractivity contribution in [1.82, 2.24) is 14.8 Å². The highest BCUT2D eigenvalue weighted by Gasteiger charge is 2.50. The summed E-state index contributed by atoms with van der Waals surface area (Å²) in [6.45, 7) is 6.65. The van der Waals surface area contributed by atoms with E-state index in [9.17, 15) is 9.59 Å². The van der Waals surface area contributed by atoms with Crippen LogP contribution < -0.4 is 5.32 Å². The molecule has 0 radical (unpaired) electrons. The number of rotatable bonds is 7. The first-order chi connectivity index (χ1) is 16.9. The zero-order valence-corrected chi connectivity index (χ0v) is 22.0. The molecule has 2 atom stereocenters. The largest absolute Gasteiger partial charge is 0.469 e. The molecule has 0 bridgehead atoms. The van der Waals surface area contributed by atoms with Gasteiger partial charge in [0.15, 0.2) is 0 Å². The molecule has 0 unspecified atom stereocenters. The molecule has 188 valence electrons. The Balaban J connectivity index is 1.48. The molecular weight excluding hydrogens is 458 g/mol. The Bertz CT molecular complexity index is 1190. The molecule has 1 saturated carbocycles. The maximum atomic E-state index is 14.0. The maximum absolute atomic E-state index is 14.0. The smallest absolute Gasteiger partial charge is 0.271 e. The minimum absolute atomic E-state index is 0.0268. The number of nitrogens with one attached hydrogen (secondary N) is 1. The number of thiophene rings is 1. The number of hydrogen-bond acceptors (Lipinski definition) is 4. The van der Waals surface area contributed by atoms with E-state index in [2.05, 4.69) is 29.8 Å². The topological polar surface area (TPSA) is 67.5 Å². The van der Waals surface area contributed by atoms with Crippen LogP contribution in [0.3, 0.4) is 0 Å². The summed E-state index contributed by atoms with van der Waals surface area (Å²) in [5.41, 5.74) is 0.809. The molecule has 2 aliphatic rings. The van der Waals surface area contributed by atoms with E-state index >= 15 is 0 Å². The third-order valence-corrected chi connectivity index (χ3v) is 9.15. The molecule has 0 spiro atoms. The molecule has 7 heteroatoms. The Morgan fingerprint density at radius 1 is 1.26 bits per heavy atom. The van der Waals surface area contributed by atoms with Crippen molar-refractivity contribution < 1.29 is 14.0 Å². The van der Waals surface area contributed by atoms with Crippen LogP contribution in [-0.2, 0) is 24.2 Å². The van der Waals surface area contributed by atoms with Crippen molar-refractivity contribution in [3.8, 4) is 0 Å². The second-order valence-electron chi connectivity index (χ2n) is 10.5. The molecule has 5 rings (SSSR count). The SMILES string of the molecule is CCc1cc2c(cc3n2C[C@](C)(C(=O)NC2CCCCCC2)N([C@@H](C)CCc2ccco2)C3=O)s1. The Morgan fingerprint density at radius 2 is 2.03 bits per heavy atom. The Hall–Kier alpha value is -2.54. The summed E-state index contributed by atoms with van der Waals surface area (Å²) in [5, 5.41) is 3.37. The van der Waals surface area contributed by atoms with Gasteiger partial charge >= 0.3 is 0 Å². The number of amides is 2. The van der Waals surface area contributed by atoms with Crippen molar-refractivity contribution in [2.24, 2.45) is 0 Å². The van der Waals surface area contributed by atoms with Crippen LogP contribution in [0.1, 0.15) is 86.8 Å². The lowest BCUT2D eigenvalue weighted by Crippen LogP contribution is -2.67. The molecule has 6 nitrogen and oxygen atoms in total. The lowest BCUT2D eigenvalue weighted by molar-refractivity contribution is -0.135. The fraction of sp³-hybridized carbons (Fsp3) is 0.571. The summed E-state index contributed by atoms with van der Waals surface area (Å²) < 4.78 is 8.75. The van der Waals surface area contributed by atoms with Gasteiger partial charge < -0.3 is 19.2 Å². The summed E-state index contributed by atoms with van der Waals surface area (Å²) in [5.74, 6) is 0.825. The summed E-state index contributed by atoms with van der Waals surface area (Å²) in [6, 6.07) is 8.15. The van der Waals surface area contributed by atoms with Crippen LogP contribution in [0.25, 0.3) is 10.2 Å². The van der Waals surface area contributed by atoms with Crippen LogP contribution in [0.15, 0.2) is 34.9 Å². The molecule has 3 aromatic heterocycles. The van der Waals surface area contributed by atoms with Crippen LogP contribution in [0.5, 0.6) is 0 Å². The summed E-state index contributed by atoms with van der Waals surface area (Å²) in [6.07, 6.45) is 10.9. The average Bonchev–Trinajstić information content (AvgIpc) is 3.52. The van der Waals surface area contributed by atoms with Gasteiger partial charge in [0, 0.05) is 23.4 Å². The minimum atomic E-state index is -0.959. The fourth-order valence-electron chi connectivity index (χ4n) is 5.91. The first kappa shape index (κ1) is 24.2. The average molecular weight is 496 g/mol. The predicted octanol–water partition coefficient (Wildman–Crippen LogP) is 5.93. The van der Waals surface area contributed by atoms with Crippen molar-refractivity contribution in [2.45, 2.75) is 103 Å². The predicted molar refractivity (Wildman–Crippen MR) is 140 cm³/mol. The first-order valence-electron chi connectivity index (χ1n) is 13.2. The number of furan rings is 1. The lowest BCUT2D eigenvalue weighted by atomic mass is 9.91. The van der Waals surface area contributed by atoms with Crippen LogP contribution >= 0.6 is 11.3 Å². The Morgan fingerprint density at radius 3 is 2.71 bits per heavy atom. The molecular formula is C28H37N3O3S. The molecule has 0 saturated heterocycles. The first-order valence-corrected chi connectivity index (χ1v) is 14.0. The van der Waals surface area contributed by atoms with Gasteiger partial charge in [-0.1, -0.05) is 32.6 Å². The normalized spacial score (nSPS) is 22.3. The van der Waals surface area contributed by atoms with Crippen molar-refractivity contribution in [3.63, 3.8) is 0 Å². The van der Waals surface area contributed by atoms with Gasteiger partial charge in [0.25, 0.3) is 5.91 Å². The zero-order valence-electron chi connectivity index (χ0n) is 21.1. The van der Waals surface area contributed by atoms with Gasteiger partial charge in [-0.3, -0.25) is 9.59 Å². The third-order valence-electron chi connectivity index (χ3n) is 7.93. The zero-order chi connectivity index (χ0) is 24.6. The van der Waals surface area contributed by atoms with Gasteiger partial charge in [-0.2, -0.15) is 0 Å². The van der Waals surface area contributed by atoms with Gasteiger partial charge in [0.2, 0.25) is 5.91 Å². The summed E-state index contributed by atoms with van der Waals surface area (Å²) >= 11 is 1.75. The van der Waals surface area contributed by atoms with Gasteiger partial charge in [0.1, 0.15) is 17.0 Å². The molecule has 35 heavy (non-hydrogen) atoms. The molecule has 1 fully saturated rings. The van der Waals surface area contributed by atoms with Crippen molar-refractivity contribution in [1.29, 1.82) is 0 Å². The van der Waals surface area contributed by atoms with E-state index in [0.717, 1.165) is 60.9 Å². The van der Waals surface area contributed by atoms with E-state index in [4.69, 9.17) is 4.42 Å². The second-order valence-corrected chi connectivity index (χ2v) is 11.7. The molecule has 3 aromatic rings. The number of fused-ring (bicyclic) bond motifs is 3. The van der Waals surface area contributed by atoms with Gasteiger partial charge in [-0.25, -0.2) is 0 Å². The van der Waals surface area contributed by atoms with Crippen LogP contribution in [0.2, 0.25) is 0 Å². The van der Waals surface area contributed by atoms with Crippen LogP contribution in [0, 0.1) is 0 Å². The van der Waals surface area contributed by atoms with E-state index in [-0.39, 0.29) is 23.9 Å². The highest BCUT2D eigenvalue weighted by atomic mass is 32.1. The van der Waals surface area contributed by atoms with E-state index in [1.165, 1.54) is 17.7 Å². The molecule has 1 N–H and O–H groups in total. The van der Waals surface area contributed by atoms with Gasteiger partial charge in [0.05, 0.1) is 23.0 Å². The quantitative estimate of drug-likeness (QED) is 0.413. The van der Waals surface area contributed by atoms with Gasteiger partial charge in [-0.05, 0) is 63.8 Å². The van der Waals surface area contributed by atoms with E-state index in [0.29, 0.717) is 12.2 Å². The van der Waals surface area contributed by atoms with Crippen molar-refractivity contribution in [3.05, 3.63) is 46.9 Å². The molecule has 4 heterocycles. The number of aryl methyl sites for hydroxylation is 2. The number of hydrogen-bond donors (Lipinski definition) is 1. The monoisotopic (exact) mass is 495 g/mol. The van der Waals surface area contributed by atoms with Crippen LogP contribution in [-0.4, -0.2) is 38.9 Å². The Kier molecular flexibility index (Phi) is 6.80.